The Morgan fingerprint density at radius 1 is 1.18 bits per heavy atom. The molecule has 9 heteroatoms. The van der Waals surface area contributed by atoms with Crippen molar-refractivity contribution in [2.45, 2.75) is 56.4 Å². The summed E-state index contributed by atoms with van der Waals surface area (Å²) < 4.78 is 4.14. The molecule has 7 nitrogen and oxygen atoms in total. The molecule has 5 rings (SSSR count). The van der Waals surface area contributed by atoms with Crippen LogP contribution in [0.5, 0.6) is 0 Å². The molecule has 0 atom stereocenters. The number of rotatable bonds is 6. The average molecular weight is 500 g/mol. The van der Waals surface area contributed by atoms with Crippen LogP contribution in [-0.2, 0) is 0 Å². The number of fused-ring (bicyclic) bond motifs is 1. The minimum Gasteiger partial charge on any atom is -0.396 e. The minimum absolute atomic E-state index is 0.136. The zero-order chi connectivity index (χ0) is 23.7. The highest BCUT2D eigenvalue weighted by Gasteiger charge is 2.23. The Morgan fingerprint density at radius 3 is 2.65 bits per heavy atom. The lowest BCUT2D eigenvalue weighted by Gasteiger charge is -2.30. The van der Waals surface area contributed by atoms with Crippen LogP contribution in [0.4, 0.5) is 11.6 Å². The normalized spacial score (nSPS) is 18.1. The Kier molecular flexibility index (Phi) is 7.11. The molecular weight excluding hydrogens is 470 g/mol. The van der Waals surface area contributed by atoms with Gasteiger partial charge in [0.05, 0.1) is 0 Å². The van der Waals surface area contributed by atoms with Crippen LogP contribution in [0.2, 0.25) is 5.02 Å². The Bertz CT molecular complexity index is 1240. The zero-order valence-corrected chi connectivity index (χ0v) is 20.9. The van der Waals surface area contributed by atoms with Crippen molar-refractivity contribution in [2.24, 2.45) is 5.92 Å². The van der Waals surface area contributed by atoms with Crippen molar-refractivity contribution in [2.75, 3.05) is 25.0 Å². The van der Waals surface area contributed by atoms with Gasteiger partial charge in [0.2, 0.25) is 5.95 Å². The molecule has 0 radical (unpaired) electrons. The van der Waals surface area contributed by atoms with Gasteiger partial charge in [0, 0.05) is 47.9 Å². The van der Waals surface area contributed by atoms with E-state index in [-0.39, 0.29) is 16.6 Å². The molecule has 0 bridgehead atoms. The second-order valence-electron chi connectivity index (χ2n) is 9.33. The topological polar surface area (TPSA) is 83.3 Å². The van der Waals surface area contributed by atoms with Crippen LogP contribution in [0, 0.1) is 12.8 Å². The Hall–Kier alpha value is -2.13. The number of aryl methyl sites for hydroxylation is 1. The molecule has 3 aromatic rings. The van der Waals surface area contributed by atoms with E-state index in [0.717, 1.165) is 68.3 Å². The number of benzene rings is 1. The molecule has 1 aromatic carbocycles. The molecule has 2 aromatic heterocycles. The standard InChI is InChI=1S/C25H30ClN5O2S/c1-16-12-20(34-30-10-8-17(15-32)9-11-30)6-7-22(16)28-25-27-14-18-13-21(26)24(33)31(23(18)29-25)19-4-2-3-5-19/h6-7,12-14,17,19,32H,2-5,8-11,15H2,1H3,(H,27,28,29). The predicted octanol–water partition coefficient (Wildman–Crippen LogP) is 5.32. The number of nitrogens with zero attached hydrogens (tertiary/aromatic N) is 4. The van der Waals surface area contributed by atoms with E-state index in [1.54, 1.807) is 28.8 Å². The third-order valence-electron chi connectivity index (χ3n) is 6.93. The summed E-state index contributed by atoms with van der Waals surface area (Å²) in [5, 5.41) is 13.7. The number of aliphatic hydroxyl groups is 1. The molecule has 0 unspecified atom stereocenters. The van der Waals surface area contributed by atoms with Gasteiger partial charge < -0.3 is 10.4 Å². The maximum atomic E-state index is 12.9. The third-order valence-corrected chi connectivity index (χ3v) is 8.29. The maximum absolute atomic E-state index is 12.9. The van der Waals surface area contributed by atoms with Gasteiger partial charge in [0.15, 0.2) is 0 Å². The summed E-state index contributed by atoms with van der Waals surface area (Å²) >= 11 is 8.01. The largest absolute Gasteiger partial charge is 0.396 e. The van der Waals surface area contributed by atoms with E-state index in [9.17, 15) is 9.90 Å². The smallest absolute Gasteiger partial charge is 0.271 e. The number of pyridine rings is 1. The predicted molar refractivity (Wildman–Crippen MR) is 138 cm³/mol. The lowest BCUT2D eigenvalue weighted by molar-refractivity contribution is 0.174. The molecule has 0 amide bonds. The van der Waals surface area contributed by atoms with E-state index in [4.69, 9.17) is 16.6 Å². The van der Waals surface area contributed by atoms with Gasteiger partial charge in [-0.3, -0.25) is 9.36 Å². The van der Waals surface area contributed by atoms with Gasteiger partial charge >= 0.3 is 0 Å². The summed E-state index contributed by atoms with van der Waals surface area (Å²) in [5.74, 6) is 0.906. The van der Waals surface area contributed by atoms with Crippen molar-refractivity contribution < 1.29 is 5.11 Å². The van der Waals surface area contributed by atoms with Crippen LogP contribution in [0.15, 0.2) is 40.2 Å². The number of anilines is 2. The molecule has 34 heavy (non-hydrogen) atoms. The summed E-state index contributed by atoms with van der Waals surface area (Å²) in [6.07, 6.45) is 7.98. The first-order chi connectivity index (χ1) is 16.5. The molecule has 3 heterocycles. The molecule has 2 fully saturated rings. The summed E-state index contributed by atoms with van der Waals surface area (Å²) in [4.78, 5) is 23.3. The minimum atomic E-state index is -0.175. The molecule has 2 N–H and O–H groups in total. The molecule has 1 saturated heterocycles. The SMILES string of the molecule is Cc1cc(SN2CCC(CO)CC2)ccc1Nc1ncc2cc(Cl)c(=O)n(C3CCCC3)c2n1. The first kappa shape index (κ1) is 23.6. The van der Waals surface area contributed by atoms with Gasteiger partial charge in [-0.2, -0.15) is 4.98 Å². The molecule has 1 saturated carbocycles. The van der Waals surface area contributed by atoms with Crippen LogP contribution in [0.1, 0.15) is 50.1 Å². The zero-order valence-electron chi connectivity index (χ0n) is 19.3. The van der Waals surface area contributed by atoms with Gasteiger partial charge in [-0.15, -0.1) is 0 Å². The second-order valence-corrected chi connectivity index (χ2v) is 10.9. The van der Waals surface area contributed by atoms with Gasteiger partial charge in [-0.1, -0.05) is 24.4 Å². The fraction of sp³-hybridized carbons (Fsp3) is 0.480. The highest BCUT2D eigenvalue weighted by Crippen LogP contribution is 2.33. The number of halogens is 1. The number of aromatic nitrogens is 3. The van der Waals surface area contributed by atoms with Crippen LogP contribution >= 0.6 is 23.5 Å². The van der Waals surface area contributed by atoms with Crippen LogP contribution < -0.4 is 10.9 Å². The summed E-state index contributed by atoms with van der Waals surface area (Å²) in [5.41, 5.74) is 2.50. The van der Waals surface area contributed by atoms with Crippen LogP contribution in [-0.4, -0.2) is 43.6 Å². The van der Waals surface area contributed by atoms with Crippen LogP contribution in [0.25, 0.3) is 11.0 Å². The van der Waals surface area contributed by atoms with Gasteiger partial charge in [0.1, 0.15) is 10.7 Å². The number of hydrogen-bond donors (Lipinski definition) is 2. The van der Waals surface area contributed by atoms with E-state index in [1.807, 2.05) is 0 Å². The molecular formula is C25H30ClN5O2S. The van der Waals surface area contributed by atoms with E-state index < -0.39 is 0 Å². The molecule has 2 aliphatic rings. The van der Waals surface area contributed by atoms with Crippen LogP contribution in [0.3, 0.4) is 0 Å². The van der Waals surface area contributed by atoms with Gasteiger partial charge in [-0.05, 0) is 80.3 Å². The van der Waals surface area contributed by atoms with Crippen molar-refractivity contribution in [1.82, 2.24) is 18.8 Å². The number of piperidine rings is 1. The summed E-state index contributed by atoms with van der Waals surface area (Å²) in [6.45, 7) is 4.34. The van der Waals surface area contributed by atoms with E-state index >= 15 is 0 Å². The Morgan fingerprint density at radius 2 is 1.94 bits per heavy atom. The van der Waals surface area contributed by atoms with E-state index in [0.29, 0.717) is 24.1 Å². The fourth-order valence-corrected chi connectivity index (χ4v) is 6.19. The third kappa shape index (κ3) is 4.96. The number of aliphatic hydroxyl groups excluding tert-OH is 1. The van der Waals surface area contributed by atoms with Gasteiger partial charge in [-0.25, -0.2) is 9.29 Å². The molecule has 1 aliphatic carbocycles. The first-order valence-electron chi connectivity index (χ1n) is 12.0. The molecule has 0 spiro atoms. The van der Waals surface area contributed by atoms with E-state index in [2.05, 4.69) is 39.7 Å². The lowest BCUT2D eigenvalue weighted by Crippen LogP contribution is -2.29. The highest BCUT2D eigenvalue weighted by atomic mass is 35.5. The lowest BCUT2D eigenvalue weighted by atomic mass is 10.00. The number of hydrogen-bond acceptors (Lipinski definition) is 7. The Labute approximate surface area is 208 Å². The molecule has 180 valence electrons. The van der Waals surface area contributed by atoms with Crippen molar-refractivity contribution in [3.05, 3.63) is 51.4 Å². The van der Waals surface area contributed by atoms with Crippen molar-refractivity contribution in [3.63, 3.8) is 0 Å². The summed E-state index contributed by atoms with van der Waals surface area (Å²) in [6, 6.07) is 8.12. The van der Waals surface area contributed by atoms with Crippen molar-refractivity contribution >= 4 is 46.2 Å². The van der Waals surface area contributed by atoms with Crippen molar-refractivity contribution in [1.29, 1.82) is 0 Å². The number of nitrogens with one attached hydrogen (secondary N) is 1. The molecule has 1 aliphatic heterocycles. The second kappa shape index (κ2) is 10.2. The van der Waals surface area contributed by atoms with Gasteiger partial charge in [0.25, 0.3) is 5.56 Å². The van der Waals surface area contributed by atoms with Crippen molar-refractivity contribution in [3.8, 4) is 0 Å². The highest BCUT2D eigenvalue weighted by molar-refractivity contribution is 7.97. The monoisotopic (exact) mass is 499 g/mol. The fourth-order valence-electron chi connectivity index (χ4n) is 4.93. The maximum Gasteiger partial charge on any atom is 0.271 e. The van der Waals surface area contributed by atoms with E-state index in [1.165, 1.54) is 4.90 Å². The first-order valence-corrected chi connectivity index (χ1v) is 13.2. The summed E-state index contributed by atoms with van der Waals surface area (Å²) in [7, 11) is 0. The Balaban J connectivity index is 1.36. The average Bonchev–Trinajstić information content (AvgIpc) is 3.37. The quantitative estimate of drug-likeness (QED) is 0.444.